The Balaban J connectivity index is 2.15. The molecule has 23 heavy (non-hydrogen) atoms. The van der Waals surface area contributed by atoms with Crippen molar-refractivity contribution >= 4 is 21.4 Å². The molecular weight excluding hydrogens is 356 g/mol. The van der Waals surface area contributed by atoms with E-state index >= 15 is 0 Å². The largest absolute Gasteiger partial charge is 0.268 e. The van der Waals surface area contributed by atoms with Crippen LogP contribution in [0.5, 0.6) is 0 Å². The van der Waals surface area contributed by atoms with Gasteiger partial charge in [0.2, 0.25) is 0 Å². The van der Waals surface area contributed by atoms with Crippen LogP contribution >= 0.6 is 15.9 Å². The standard InChI is InChI=1S/C17H19BrN4O/c1-3-13-11-16-14(6-5-12(2)22(16)19-13)15-7-8-17(23)21(20-15)10-4-9-18/h5-8,11H,3-4,9-10H2,1-2H3. The van der Waals surface area contributed by atoms with Gasteiger partial charge in [-0.05, 0) is 44.0 Å². The highest BCUT2D eigenvalue weighted by Gasteiger charge is 2.11. The molecule has 5 nitrogen and oxygen atoms in total. The quantitative estimate of drug-likeness (QED) is 0.644. The van der Waals surface area contributed by atoms with E-state index < -0.39 is 0 Å². The van der Waals surface area contributed by atoms with E-state index in [2.05, 4.69) is 39.1 Å². The second-order valence-corrected chi connectivity index (χ2v) is 6.29. The maximum atomic E-state index is 11.9. The number of hydrogen-bond donors (Lipinski definition) is 0. The molecule has 0 aliphatic rings. The molecule has 0 aliphatic carbocycles. The average molecular weight is 375 g/mol. The minimum atomic E-state index is -0.0689. The molecule has 3 rings (SSSR count). The highest BCUT2D eigenvalue weighted by molar-refractivity contribution is 9.09. The zero-order chi connectivity index (χ0) is 16.4. The van der Waals surface area contributed by atoms with Gasteiger partial charge >= 0.3 is 0 Å². The Morgan fingerprint density at radius 1 is 1.17 bits per heavy atom. The Labute approximate surface area is 143 Å². The van der Waals surface area contributed by atoms with Crippen LogP contribution in [0.15, 0.2) is 35.1 Å². The molecule has 6 heteroatoms. The van der Waals surface area contributed by atoms with Gasteiger partial charge in [-0.25, -0.2) is 9.20 Å². The van der Waals surface area contributed by atoms with Crippen molar-refractivity contribution in [1.82, 2.24) is 19.4 Å². The number of pyridine rings is 1. The zero-order valence-corrected chi connectivity index (χ0v) is 14.9. The average Bonchev–Trinajstić information content (AvgIpc) is 3.00. The highest BCUT2D eigenvalue weighted by atomic mass is 79.9. The molecule has 0 aliphatic heterocycles. The van der Waals surface area contributed by atoms with Crippen molar-refractivity contribution in [3.63, 3.8) is 0 Å². The van der Waals surface area contributed by atoms with Crippen molar-refractivity contribution in [2.75, 3.05) is 5.33 Å². The lowest BCUT2D eigenvalue weighted by Gasteiger charge is -2.08. The lowest BCUT2D eigenvalue weighted by Crippen LogP contribution is -2.22. The van der Waals surface area contributed by atoms with Crippen LogP contribution < -0.4 is 5.56 Å². The number of alkyl halides is 1. The molecule has 0 unspecified atom stereocenters. The van der Waals surface area contributed by atoms with E-state index in [0.717, 1.165) is 46.3 Å². The van der Waals surface area contributed by atoms with Gasteiger partial charge in [-0.15, -0.1) is 0 Å². The Kier molecular flexibility index (Phi) is 4.61. The Hall–Kier alpha value is -1.95. The number of aryl methyl sites for hydroxylation is 3. The fourth-order valence-corrected chi connectivity index (χ4v) is 2.85. The molecule has 0 aromatic carbocycles. The van der Waals surface area contributed by atoms with E-state index in [1.54, 1.807) is 12.1 Å². The summed E-state index contributed by atoms with van der Waals surface area (Å²) in [5, 5.41) is 10.0. The summed E-state index contributed by atoms with van der Waals surface area (Å²) in [6.45, 7) is 4.74. The van der Waals surface area contributed by atoms with Crippen LogP contribution in [-0.4, -0.2) is 24.7 Å². The molecular formula is C17H19BrN4O. The van der Waals surface area contributed by atoms with E-state index in [1.807, 2.05) is 23.6 Å². The lowest BCUT2D eigenvalue weighted by atomic mass is 10.1. The minimum absolute atomic E-state index is 0.0689. The molecule has 0 fully saturated rings. The Morgan fingerprint density at radius 3 is 2.74 bits per heavy atom. The molecule has 0 saturated heterocycles. The molecule has 3 heterocycles. The number of aromatic nitrogens is 4. The molecule has 0 amide bonds. The van der Waals surface area contributed by atoms with Gasteiger partial charge in [-0.2, -0.15) is 10.2 Å². The maximum absolute atomic E-state index is 11.9. The van der Waals surface area contributed by atoms with E-state index in [1.165, 1.54) is 4.68 Å². The third-order valence-corrected chi connectivity index (χ3v) is 4.43. The lowest BCUT2D eigenvalue weighted by molar-refractivity contribution is 0.574. The molecule has 0 bridgehead atoms. The van der Waals surface area contributed by atoms with Crippen LogP contribution in [0.25, 0.3) is 16.8 Å². The van der Waals surface area contributed by atoms with Crippen molar-refractivity contribution in [3.05, 3.63) is 52.1 Å². The van der Waals surface area contributed by atoms with E-state index in [9.17, 15) is 4.79 Å². The van der Waals surface area contributed by atoms with Gasteiger partial charge in [0.25, 0.3) is 5.56 Å². The van der Waals surface area contributed by atoms with Gasteiger partial charge in [-0.1, -0.05) is 22.9 Å². The first-order valence-electron chi connectivity index (χ1n) is 7.77. The number of hydrogen-bond acceptors (Lipinski definition) is 3. The van der Waals surface area contributed by atoms with Gasteiger partial charge in [-0.3, -0.25) is 4.79 Å². The van der Waals surface area contributed by atoms with Crippen molar-refractivity contribution in [3.8, 4) is 11.3 Å². The van der Waals surface area contributed by atoms with E-state index in [4.69, 9.17) is 0 Å². The van der Waals surface area contributed by atoms with Crippen molar-refractivity contribution in [2.24, 2.45) is 0 Å². The Morgan fingerprint density at radius 2 is 2.00 bits per heavy atom. The predicted octanol–water partition coefficient (Wildman–Crippen LogP) is 3.21. The van der Waals surface area contributed by atoms with Crippen molar-refractivity contribution in [1.29, 1.82) is 0 Å². The maximum Gasteiger partial charge on any atom is 0.266 e. The van der Waals surface area contributed by atoms with Crippen molar-refractivity contribution < 1.29 is 0 Å². The number of rotatable bonds is 5. The summed E-state index contributed by atoms with van der Waals surface area (Å²) < 4.78 is 3.48. The van der Waals surface area contributed by atoms with Crippen LogP contribution in [0, 0.1) is 6.92 Å². The summed E-state index contributed by atoms with van der Waals surface area (Å²) in [5.41, 5.74) is 4.88. The summed E-state index contributed by atoms with van der Waals surface area (Å²) in [5.74, 6) is 0. The third kappa shape index (κ3) is 3.08. The fraction of sp³-hybridized carbons (Fsp3) is 0.353. The van der Waals surface area contributed by atoms with Gasteiger partial charge in [0, 0.05) is 29.2 Å². The smallest absolute Gasteiger partial charge is 0.266 e. The van der Waals surface area contributed by atoms with E-state index in [0.29, 0.717) is 6.54 Å². The molecule has 0 spiro atoms. The third-order valence-electron chi connectivity index (χ3n) is 3.87. The van der Waals surface area contributed by atoms with Gasteiger partial charge in [0.1, 0.15) is 0 Å². The van der Waals surface area contributed by atoms with Gasteiger partial charge < -0.3 is 0 Å². The molecule has 120 valence electrons. The van der Waals surface area contributed by atoms with Gasteiger partial charge in [0.15, 0.2) is 0 Å². The topological polar surface area (TPSA) is 52.2 Å². The van der Waals surface area contributed by atoms with Crippen LogP contribution in [0.1, 0.15) is 24.7 Å². The second kappa shape index (κ2) is 6.66. The van der Waals surface area contributed by atoms with Crippen LogP contribution in [0.2, 0.25) is 0 Å². The summed E-state index contributed by atoms with van der Waals surface area (Å²) in [7, 11) is 0. The second-order valence-electron chi connectivity index (χ2n) is 5.50. The fourth-order valence-electron chi connectivity index (χ4n) is 2.60. The summed E-state index contributed by atoms with van der Waals surface area (Å²) in [6, 6.07) is 9.55. The number of halogens is 1. The zero-order valence-electron chi connectivity index (χ0n) is 13.3. The first kappa shape index (κ1) is 15.9. The van der Waals surface area contributed by atoms with Crippen molar-refractivity contribution in [2.45, 2.75) is 33.2 Å². The minimum Gasteiger partial charge on any atom is -0.268 e. The molecule has 3 aromatic rings. The van der Waals surface area contributed by atoms with E-state index in [-0.39, 0.29) is 5.56 Å². The SMILES string of the molecule is CCc1cc2c(-c3ccc(=O)n(CCCBr)n3)ccc(C)n2n1. The number of fused-ring (bicyclic) bond motifs is 1. The normalized spacial score (nSPS) is 11.3. The molecule has 0 atom stereocenters. The van der Waals surface area contributed by atoms with Crippen LogP contribution in [0.4, 0.5) is 0 Å². The predicted molar refractivity (Wildman–Crippen MR) is 95.2 cm³/mol. The van der Waals surface area contributed by atoms with Crippen LogP contribution in [0.3, 0.4) is 0 Å². The molecule has 0 N–H and O–H groups in total. The summed E-state index contributed by atoms with van der Waals surface area (Å²) in [4.78, 5) is 11.9. The number of nitrogens with zero attached hydrogens (tertiary/aromatic N) is 4. The van der Waals surface area contributed by atoms with Gasteiger partial charge in [0.05, 0.1) is 16.9 Å². The molecule has 0 radical (unpaired) electrons. The monoisotopic (exact) mass is 374 g/mol. The molecule has 3 aromatic heterocycles. The Bertz CT molecular complexity index is 897. The summed E-state index contributed by atoms with van der Waals surface area (Å²) in [6.07, 6.45) is 1.76. The first-order valence-corrected chi connectivity index (χ1v) is 8.89. The van der Waals surface area contributed by atoms with Crippen LogP contribution in [-0.2, 0) is 13.0 Å². The highest BCUT2D eigenvalue weighted by Crippen LogP contribution is 2.24. The molecule has 0 saturated carbocycles. The first-order chi connectivity index (χ1) is 11.1. The summed E-state index contributed by atoms with van der Waals surface area (Å²) >= 11 is 3.39.